The van der Waals surface area contributed by atoms with Crippen molar-refractivity contribution in [2.24, 2.45) is 11.3 Å². The van der Waals surface area contributed by atoms with Gasteiger partial charge in [-0.25, -0.2) is 18.1 Å². The van der Waals surface area contributed by atoms with Gasteiger partial charge in [0.1, 0.15) is 28.9 Å². The van der Waals surface area contributed by atoms with E-state index in [4.69, 9.17) is 21.1 Å². The van der Waals surface area contributed by atoms with Gasteiger partial charge in [-0.1, -0.05) is 61.1 Å². The second-order valence-electron chi connectivity index (χ2n) is 23.4. The molecule has 11 rings (SSSR count). The van der Waals surface area contributed by atoms with Gasteiger partial charge in [-0.2, -0.15) is 0 Å². The number of aromatic nitrogens is 2. The Balaban J connectivity index is 0.669. The lowest BCUT2D eigenvalue weighted by atomic mass is 9.72. The number of rotatable bonds is 19. The number of sulfonamides is 1. The molecule has 452 valence electrons. The van der Waals surface area contributed by atoms with Gasteiger partial charge < -0.3 is 29.6 Å². The first-order chi connectivity index (χ1) is 41.9. The molecule has 2 aromatic heterocycles. The van der Waals surface area contributed by atoms with E-state index in [0.717, 1.165) is 86.9 Å². The van der Waals surface area contributed by atoms with Gasteiger partial charge in [0.05, 0.1) is 45.9 Å². The molecule has 23 heteroatoms. The number of nitrogens with zero attached hydrogens (tertiary/aromatic N) is 6. The van der Waals surface area contributed by atoms with Crippen LogP contribution in [0.25, 0.3) is 16.6 Å². The summed E-state index contributed by atoms with van der Waals surface area (Å²) in [4.78, 5) is 91.5. The highest BCUT2D eigenvalue weighted by atomic mass is 35.5. The van der Waals surface area contributed by atoms with Crippen LogP contribution in [-0.4, -0.2) is 146 Å². The van der Waals surface area contributed by atoms with Crippen LogP contribution in [0.3, 0.4) is 0 Å². The Bertz CT molecular complexity index is 3900. The average Bonchev–Trinajstić information content (AvgIpc) is 1.82. The predicted octanol–water partition coefficient (Wildman–Crippen LogP) is 8.80. The fraction of sp³-hybridized carbons (Fsp3) is 0.375. The summed E-state index contributed by atoms with van der Waals surface area (Å²) in [5.41, 5.74) is 5.98. The van der Waals surface area contributed by atoms with Gasteiger partial charge in [0.2, 0.25) is 11.8 Å². The van der Waals surface area contributed by atoms with Crippen molar-refractivity contribution in [2.75, 3.05) is 82.3 Å². The van der Waals surface area contributed by atoms with Gasteiger partial charge >= 0.3 is 0 Å². The lowest BCUT2D eigenvalue weighted by molar-refractivity contribution is -0.384. The molecule has 21 nitrogen and oxygen atoms in total. The number of hydrogen-bond donors (Lipinski definition) is 4. The van der Waals surface area contributed by atoms with Crippen molar-refractivity contribution in [1.82, 2.24) is 34.7 Å². The number of H-pyrrole nitrogens is 1. The van der Waals surface area contributed by atoms with E-state index >= 15 is 0 Å². The number of carbonyl (C=O) groups excluding carboxylic acids is 5. The number of pyridine rings is 1. The number of imide groups is 2. The van der Waals surface area contributed by atoms with Gasteiger partial charge in [-0.15, -0.1) is 0 Å². The molecule has 6 aromatic rings. The van der Waals surface area contributed by atoms with E-state index in [1.165, 1.54) is 47.2 Å². The van der Waals surface area contributed by atoms with E-state index in [9.17, 15) is 42.5 Å². The Labute approximate surface area is 509 Å². The van der Waals surface area contributed by atoms with Crippen LogP contribution >= 0.6 is 11.6 Å². The maximum absolute atomic E-state index is 14.2. The number of benzene rings is 4. The molecule has 0 saturated carbocycles. The van der Waals surface area contributed by atoms with E-state index < -0.39 is 61.1 Å². The quantitative estimate of drug-likeness (QED) is 0.0194. The number of carbonyl (C=O) groups is 5. The van der Waals surface area contributed by atoms with Crippen molar-refractivity contribution >= 4 is 84.8 Å². The number of halogens is 1. The number of amides is 5. The van der Waals surface area contributed by atoms with Crippen LogP contribution in [-0.2, 0) is 24.3 Å². The maximum atomic E-state index is 14.2. The van der Waals surface area contributed by atoms with Gasteiger partial charge in [0.25, 0.3) is 33.4 Å². The molecule has 0 spiro atoms. The van der Waals surface area contributed by atoms with Gasteiger partial charge in [0.15, 0.2) is 0 Å². The normalized spacial score (nSPS) is 18.5. The first-order valence-corrected chi connectivity index (χ1v) is 31.1. The van der Waals surface area contributed by atoms with Crippen LogP contribution < -0.4 is 25.0 Å². The summed E-state index contributed by atoms with van der Waals surface area (Å²) in [6, 6.07) is 24.0. The van der Waals surface area contributed by atoms with Crippen molar-refractivity contribution in [1.29, 1.82) is 0 Å². The van der Waals surface area contributed by atoms with E-state index in [0.29, 0.717) is 67.8 Å². The van der Waals surface area contributed by atoms with Gasteiger partial charge in [-0.3, -0.25) is 49.2 Å². The first kappa shape index (κ1) is 60.2. The third-order valence-corrected chi connectivity index (χ3v) is 18.5. The Morgan fingerprint density at radius 1 is 0.897 bits per heavy atom. The number of likely N-dealkylation sites (tertiary alicyclic amines) is 1. The molecule has 5 amide bonds. The highest BCUT2D eigenvalue weighted by molar-refractivity contribution is 7.90. The topological polar surface area (TPSA) is 259 Å². The molecule has 0 radical (unpaired) electrons. The number of hydrogen-bond acceptors (Lipinski definition) is 16. The van der Waals surface area contributed by atoms with Crippen LogP contribution in [0.5, 0.6) is 11.5 Å². The third-order valence-electron chi connectivity index (χ3n) is 16.9. The van der Waals surface area contributed by atoms with Crippen LogP contribution in [0.15, 0.2) is 114 Å². The van der Waals surface area contributed by atoms with Crippen LogP contribution in [0.4, 0.5) is 17.1 Å². The van der Waals surface area contributed by atoms with Crippen molar-refractivity contribution in [2.45, 2.75) is 76.2 Å². The highest BCUT2D eigenvalue weighted by Gasteiger charge is 2.45. The lowest BCUT2D eigenvalue weighted by Gasteiger charge is -2.39. The summed E-state index contributed by atoms with van der Waals surface area (Å²) in [5.74, 6) is 3.29. The predicted molar refractivity (Wildman–Crippen MR) is 328 cm³/mol. The molecule has 3 fully saturated rings. The Morgan fingerprint density at radius 3 is 2.46 bits per heavy atom. The number of piperidine rings is 2. The molecule has 4 N–H and O–H groups in total. The molecule has 4 aliphatic heterocycles. The second kappa shape index (κ2) is 25.9. The van der Waals surface area contributed by atoms with E-state index in [1.54, 1.807) is 36.5 Å². The minimum atomic E-state index is -4.64. The second-order valence-corrected chi connectivity index (χ2v) is 25.6. The molecule has 0 bridgehead atoms. The number of aromatic amines is 1. The summed E-state index contributed by atoms with van der Waals surface area (Å²) < 4.78 is 42.3. The van der Waals surface area contributed by atoms with Crippen molar-refractivity contribution in [3.8, 4) is 23.3 Å². The molecule has 87 heavy (non-hydrogen) atoms. The van der Waals surface area contributed by atoms with Gasteiger partial charge in [0, 0.05) is 98.6 Å². The zero-order valence-electron chi connectivity index (χ0n) is 48.4. The molecule has 1 aliphatic carbocycles. The molecule has 1 unspecified atom stereocenters. The van der Waals surface area contributed by atoms with E-state index in [-0.39, 0.29) is 52.3 Å². The number of nitro benzene ring substituents is 1. The lowest BCUT2D eigenvalue weighted by Crippen LogP contribution is -2.54. The number of ether oxygens (including phenoxy) is 2. The number of anilines is 2. The summed E-state index contributed by atoms with van der Waals surface area (Å²) in [7, 11) is -4.64. The highest BCUT2D eigenvalue weighted by Crippen LogP contribution is 2.44. The Morgan fingerprint density at radius 2 is 1.69 bits per heavy atom. The fourth-order valence-electron chi connectivity index (χ4n) is 12.1. The molecule has 4 aromatic carbocycles. The van der Waals surface area contributed by atoms with Crippen molar-refractivity contribution in [3.05, 3.63) is 152 Å². The van der Waals surface area contributed by atoms with Crippen LogP contribution in [0.2, 0.25) is 5.02 Å². The molecular weight excluding hydrogens is 1150 g/mol. The third kappa shape index (κ3) is 13.9. The van der Waals surface area contributed by atoms with Crippen LogP contribution in [0, 0.1) is 33.3 Å². The summed E-state index contributed by atoms with van der Waals surface area (Å²) in [6.07, 6.45) is 8.47. The first-order valence-electron chi connectivity index (χ1n) is 29.3. The maximum Gasteiger partial charge on any atom is 0.293 e. The number of allylic oxidation sites excluding steroid dienone is 1. The molecule has 3 saturated heterocycles. The number of fused-ring (bicyclic) bond motifs is 2. The summed E-state index contributed by atoms with van der Waals surface area (Å²) in [5, 5.41) is 19.3. The zero-order valence-corrected chi connectivity index (χ0v) is 49.9. The zero-order chi connectivity index (χ0) is 61.0. The summed E-state index contributed by atoms with van der Waals surface area (Å²) >= 11 is 6.27. The molecular formula is C64H67ClN10O11S. The smallest absolute Gasteiger partial charge is 0.293 e. The van der Waals surface area contributed by atoms with Crippen molar-refractivity contribution < 1.29 is 46.8 Å². The van der Waals surface area contributed by atoms with Crippen molar-refractivity contribution in [3.63, 3.8) is 0 Å². The molecule has 6 heterocycles. The fourth-order valence-corrected chi connectivity index (χ4v) is 13.2. The van der Waals surface area contributed by atoms with E-state index in [1.807, 2.05) is 18.2 Å². The molecule has 5 aliphatic rings. The Hall–Kier alpha value is -8.46. The largest absolute Gasteiger partial charge is 0.455 e. The average molecular weight is 1220 g/mol. The standard InChI is InChI=1S/C64H67ClN10O11S/c1-64(2)23-19-45(52(37-64)42-9-11-46(65)12-10-42)40-72-27-29-73(30-28-72)47-13-15-50(56(35-47)86-48-34-44-20-24-66-59(44)68-39-48)60(77)70-87(83,84)49-14-16-53(55(36-49)75(81)82)67-38-41-21-25-71(26-22-41)31-33-85-32-4-3-6-43-7-5-8-51-58(43)63(80)74(62(51)79)54-17-18-57(76)69-61(54)78/h5,7-16,20,24,34-36,39,41,54,67H,4,17-19,21-23,25-33,37-38,40H2,1-2H3,(H,66,68)(H,70,77)(H,69,76,78). The SMILES string of the molecule is CC1(C)CCC(CN2CCN(c3ccc(C(=O)NS(=O)(=O)c4ccc(NCC5CCN(CCOCCC#Cc6cccc7c6C(=O)N(C6CCC(=O)NC6=O)C7=O)CC5)c([N+](=O)[O-])c4)c(Oc4cnc5[nH]ccc5c4)c3)CC2)=C(c2ccc(Cl)cc2)C1. The Kier molecular flexibility index (Phi) is 17.9. The monoisotopic (exact) mass is 1220 g/mol. The minimum Gasteiger partial charge on any atom is -0.455 e. The minimum absolute atomic E-state index is 0.0281. The number of nitro groups is 1. The number of nitrogens with one attached hydrogen (secondary N) is 4. The molecule has 1 atom stereocenters. The number of piperazine rings is 1. The van der Waals surface area contributed by atoms with E-state index in [2.05, 4.69) is 77.8 Å². The summed E-state index contributed by atoms with van der Waals surface area (Å²) in [6.45, 7) is 11.9. The van der Waals surface area contributed by atoms with Crippen LogP contribution in [0.1, 0.15) is 107 Å². The van der Waals surface area contributed by atoms with Gasteiger partial charge in [-0.05, 0) is 135 Å².